The van der Waals surface area contributed by atoms with Crippen molar-refractivity contribution in [1.82, 2.24) is 9.80 Å². The molecule has 198 valence electrons. The van der Waals surface area contributed by atoms with Crippen molar-refractivity contribution >= 4 is 50.5 Å². The number of amides is 1. The Morgan fingerprint density at radius 2 is 1.67 bits per heavy atom. The number of anilines is 1. The summed E-state index contributed by atoms with van der Waals surface area (Å²) in [6.07, 6.45) is 1.10. The largest absolute Gasteiger partial charge is 0.385 e. The van der Waals surface area contributed by atoms with Crippen molar-refractivity contribution in [3.05, 3.63) is 48.6 Å². The molecule has 0 saturated carbocycles. The van der Waals surface area contributed by atoms with Crippen molar-refractivity contribution in [3.8, 4) is 0 Å². The van der Waals surface area contributed by atoms with Crippen LogP contribution < -0.4 is 5.32 Å². The maximum atomic E-state index is 13.9. The predicted molar refractivity (Wildman–Crippen MR) is 158 cm³/mol. The minimum atomic E-state index is -0.0635. The van der Waals surface area contributed by atoms with Gasteiger partial charge in [0.25, 0.3) is 5.91 Å². The molecule has 2 aromatic rings. The SMILES string of the molecule is Cc1ccc(NCCCN2CC3CN(C(=O)c4c(C(C)(C)C)sc(C(C)(C)C)c4Br)CC3C2)cc1Cl. The molecule has 2 unspecified atom stereocenters. The van der Waals surface area contributed by atoms with Crippen molar-refractivity contribution in [3.63, 3.8) is 0 Å². The Kier molecular flexibility index (Phi) is 8.22. The molecule has 1 amide bonds. The highest BCUT2D eigenvalue weighted by atomic mass is 79.9. The van der Waals surface area contributed by atoms with E-state index in [4.69, 9.17) is 11.6 Å². The van der Waals surface area contributed by atoms with E-state index in [0.29, 0.717) is 11.8 Å². The zero-order valence-electron chi connectivity index (χ0n) is 22.8. The van der Waals surface area contributed by atoms with Crippen molar-refractivity contribution in [2.45, 2.75) is 65.7 Å². The topological polar surface area (TPSA) is 35.6 Å². The molecule has 0 radical (unpaired) electrons. The van der Waals surface area contributed by atoms with Gasteiger partial charge in [0.15, 0.2) is 0 Å². The lowest BCUT2D eigenvalue weighted by molar-refractivity contribution is 0.0771. The minimum Gasteiger partial charge on any atom is -0.385 e. The summed E-state index contributed by atoms with van der Waals surface area (Å²) >= 11 is 11.9. The maximum Gasteiger partial charge on any atom is 0.256 e. The fraction of sp³-hybridized carbons (Fsp3) is 0.621. The average Bonchev–Trinajstić information content (AvgIpc) is 3.43. The third-order valence-electron chi connectivity index (χ3n) is 7.43. The summed E-state index contributed by atoms with van der Waals surface area (Å²) in [4.78, 5) is 21.0. The smallest absolute Gasteiger partial charge is 0.256 e. The number of likely N-dealkylation sites (tertiary alicyclic amines) is 2. The van der Waals surface area contributed by atoms with Crippen LogP contribution in [-0.2, 0) is 10.8 Å². The van der Waals surface area contributed by atoms with Crippen LogP contribution in [0.3, 0.4) is 0 Å². The second-order valence-electron chi connectivity index (χ2n) is 12.7. The van der Waals surface area contributed by atoms with Gasteiger partial charge in [-0.1, -0.05) is 59.2 Å². The van der Waals surface area contributed by atoms with E-state index in [2.05, 4.69) is 84.7 Å². The van der Waals surface area contributed by atoms with Crippen LogP contribution in [0.25, 0.3) is 0 Å². The molecule has 2 saturated heterocycles. The van der Waals surface area contributed by atoms with Crippen LogP contribution in [0.4, 0.5) is 5.69 Å². The Morgan fingerprint density at radius 1 is 1.06 bits per heavy atom. The molecular formula is C29H41BrClN3OS. The molecule has 2 aliphatic rings. The predicted octanol–water partition coefficient (Wildman–Crippen LogP) is 7.57. The Labute approximate surface area is 234 Å². The van der Waals surface area contributed by atoms with Gasteiger partial charge in [-0.15, -0.1) is 11.3 Å². The molecule has 0 aliphatic carbocycles. The normalized spacial score (nSPS) is 20.8. The molecule has 2 atom stereocenters. The summed E-state index contributed by atoms with van der Waals surface area (Å²) in [6, 6.07) is 6.15. The van der Waals surface area contributed by atoms with E-state index >= 15 is 0 Å². The number of hydrogen-bond acceptors (Lipinski definition) is 4. The van der Waals surface area contributed by atoms with Crippen molar-refractivity contribution in [1.29, 1.82) is 0 Å². The van der Waals surface area contributed by atoms with E-state index < -0.39 is 0 Å². The molecule has 4 nitrogen and oxygen atoms in total. The first-order chi connectivity index (χ1) is 16.8. The highest BCUT2D eigenvalue weighted by Gasteiger charge is 2.43. The highest BCUT2D eigenvalue weighted by Crippen LogP contribution is 2.46. The summed E-state index contributed by atoms with van der Waals surface area (Å²) in [7, 11) is 0. The summed E-state index contributed by atoms with van der Waals surface area (Å²) in [5.74, 6) is 1.37. The molecular weight excluding hydrogens is 554 g/mol. The molecule has 3 heterocycles. The van der Waals surface area contributed by atoms with Gasteiger partial charge in [0.2, 0.25) is 0 Å². The number of rotatable bonds is 6. The number of carbonyl (C=O) groups excluding carboxylic acids is 1. The number of hydrogen-bond donors (Lipinski definition) is 1. The van der Waals surface area contributed by atoms with Crippen molar-refractivity contribution < 1.29 is 4.79 Å². The number of fused-ring (bicyclic) bond motifs is 1. The van der Waals surface area contributed by atoms with Gasteiger partial charge in [-0.25, -0.2) is 0 Å². The lowest BCUT2D eigenvalue weighted by atomic mass is 9.89. The van der Waals surface area contributed by atoms with Gasteiger partial charge in [0, 0.05) is 57.7 Å². The van der Waals surface area contributed by atoms with Crippen LogP contribution in [-0.4, -0.2) is 55.0 Å². The van der Waals surface area contributed by atoms with E-state index in [-0.39, 0.29) is 16.7 Å². The molecule has 0 bridgehead atoms. The van der Waals surface area contributed by atoms with E-state index in [1.165, 1.54) is 9.75 Å². The monoisotopic (exact) mass is 593 g/mol. The van der Waals surface area contributed by atoms with Gasteiger partial charge in [-0.05, 0) is 76.2 Å². The molecule has 4 rings (SSSR count). The van der Waals surface area contributed by atoms with Gasteiger partial charge in [-0.2, -0.15) is 0 Å². The van der Waals surface area contributed by atoms with Gasteiger partial charge in [0.05, 0.1) is 5.56 Å². The summed E-state index contributed by atoms with van der Waals surface area (Å²) in [5.41, 5.74) is 3.03. The van der Waals surface area contributed by atoms with Crippen LogP contribution in [0.5, 0.6) is 0 Å². The van der Waals surface area contributed by atoms with E-state index in [1.807, 2.05) is 13.0 Å². The second kappa shape index (κ2) is 10.6. The van der Waals surface area contributed by atoms with Crippen LogP contribution in [0, 0.1) is 18.8 Å². The standard InChI is InChI=1S/C29H41BrClN3OS/c1-18-9-10-21(13-22(18)31)32-11-8-12-33-14-19-16-34(17-20(19)15-33)27(35)23-24(30)26(29(5,6)7)36-25(23)28(2,3)4/h9-10,13,19-20,32H,8,11-12,14-17H2,1-7H3. The van der Waals surface area contributed by atoms with Crippen molar-refractivity contribution in [2.24, 2.45) is 11.8 Å². The summed E-state index contributed by atoms with van der Waals surface area (Å²) in [5, 5.41) is 4.31. The number of thiophene rings is 1. The van der Waals surface area contributed by atoms with Gasteiger partial charge in [-0.3, -0.25) is 4.79 Å². The second-order valence-corrected chi connectivity index (χ2v) is 14.9. The molecule has 0 spiro atoms. The quantitative estimate of drug-likeness (QED) is 0.350. The Hall–Kier alpha value is -1.08. The lowest BCUT2D eigenvalue weighted by Crippen LogP contribution is -2.34. The molecule has 7 heteroatoms. The molecule has 1 aromatic heterocycles. The Balaban J connectivity index is 1.33. The number of nitrogens with one attached hydrogen (secondary N) is 1. The van der Waals surface area contributed by atoms with Crippen molar-refractivity contribution in [2.75, 3.05) is 44.6 Å². The zero-order valence-corrected chi connectivity index (χ0v) is 26.0. The number of nitrogens with zero attached hydrogens (tertiary/aromatic N) is 2. The van der Waals surface area contributed by atoms with Crippen LogP contribution in [0.1, 0.15) is 73.6 Å². The first kappa shape index (κ1) is 27.9. The van der Waals surface area contributed by atoms with E-state index in [1.54, 1.807) is 11.3 Å². The highest BCUT2D eigenvalue weighted by molar-refractivity contribution is 9.10. The zero-order chi connectivity index (χ0) is 26.4. The van der Waals surface area contributed by atoms with Gasteiger partial charge >= 0.3 is 0 Å². The first-order valence-corrected chi connectivity index (χ1v) is 15.1. The molecule has 1 aromatic carbocycles. The first-order valence-electron chi connectivity index (χ1n) is 13.1. The Bertz CT molecular complexity index is 1100. The fourth-order valence-corrected chi connectivity index (χ4v) is 8.26. The van der Waals surface area contributed by atoms with Gasteiger partial charge < -0.3 is 15.1 Å². The minimum absolute atomic E-state index is 0.00458. The molecule has 1 N–H and O–H groups in total. The number of benzene rings is 1. The number of halogens is 2. The lowest BCUT2D eigenvalue weighted by Gasteiger charge is -2.24. The van der Waals surface area contributed by atoms with Crippen LogP contribution >= 0.6 is 38.9 Å². The van der Waals surface area contributed by atoms with Crippen LogP contribution in [0.2, 0.25) is 5.02 Å². The van der Waals surface area contributed by atoms with Gasteiger partial charge in [0.1, 0.15) is 0 Å². The Morgan fingerprint density at radius 3 is 2.22 bits per heavy atom. The van der Waals surface area contributed by atoms with E-state index in [0.717, 1.165) is 72.0 Å². The third kappa shape index (κ3) is 5.98. The average molecular weight is 595 g/mol. The molecule has 2 aliphatic heterocycles. The van der Waals surface area contributed by atoms with Crippen LogP contribution in [0.15, 0.2) is 22.7 Å². The maximum absolute atomic E-state index is 13.9. The summed E-state index contributed by atoms with van der Waals surface area (Å²) < 4.78 is 1.01. The summed E-state index contributed by atoms with van der Waals surface area (Å²) in [6.45, 7) is 21.3. The van der Waals surface area contributed by atoms with E-state index in [9.17, 15) is 4.79 Å². The third-order valence-corrected chi connectivity index (χ3v) is 10.9. The molecule has 2 fully saturated rings. The molecule has 36 heavy (non-hydrogen) atoms. The fourth-order valence-electron chi connectivity index (χ4n) is 5.45. The number of carbonyl (C=O) groups is 1. The number of aryl methyl sites for hydroxylation is 1.